The van der Waals surface area contributed by atoms with Gasteiger partial charge in [-0.15, -0.1) is 0 Å². The number of hydrogen-bond acceptors (Lipinski definition) is 11. The lowest BCUT2D eigenvalue weighted by molar-refractivity contribution is -0.161. The van der Waals surface area contributed by atoms with E-state index in [0.29, 0.717) is 17.2 Å². The fourth-order valence-electron chi connectivity index (χ4n) is 8.78. The summed E-state index contributed by atoms with van der Waals surface area (Å²) in [5, 5.41) is 46.9. The summed E-state index contributed by atoms with van der Waals surface area (Å²) in [6.07, 6.45) is 4.51. The molecule has 9 unspecified atom stereocenters. The molecule has 0 aliphatic carbocycles. The lowest BCUT2D eigenvalue weighted by Gasteiger charge is -2.37. The van der Waals surface area contributed by atoms with E-state index in [2.05, 4.69) is 45.7 Å². The normalized spacial score (nSPS) is 23.3. The first kappa shape index (κ1) is 65.9. The number of aliphatic hydroxyl groups excluding tert-OH is 1. The summed E-state index contributed by atoms with van der Waals surface area (Å²) in [6.45, 7) is 21.6. The van der Waals surface area contributed by atoms with Gasteiger partial charge in [0.15, 0.2) is 0 Å². The van der Waals surface area contributed by atoms with Crippen molar-refractivity contribution in [3.63, 3.8) is 0 Å². The molecule has 0 aromatic carbocycles. The van der Waals surface area contributed by atoms with E-state index in [4.69, 9.17) is 0 Å². The van der Waals surface area contributed by atoms with Crippen LogP contribution < -0.4 is 31.9 Å². The Morgan fingerprint density at radius 3 is 1.22 bits per heavy atom. The largest absolute Gasteiger partial charge is 0.481 e. The molecule has 0 radical (unpaired) electrons. The third-order valence-electron chi connectivity index (χ3n) is 12.9. The molecule has 0 bridgehead atoms. The Kier molecular flexibility index (Phi) is 30.3. The molecule has 1 heterocycles. The van der Waals surface area contributed by atoms with Gasteiger partial charge in [0.1, 0.15) is 42.3 Å². The highest BCUT2D eigenvalue weighted by atomic mass is 16.4. The summed E-state index contributed by atoms with van der Waals surface area (Å²) in [4.78, 5) is 140. The number of imide groups is 1. The molecule has 0 saturated carbocycles. The molecule has 1 saturated heterocycles. The Morgan fingerprint density at radius 2 is 0.849 bits per heavy atom. The van der Waals surface area contributed by atoms with E-state index in [1.807, 2.05) is 0 Å². The molecule has 1 rings (SSSR count). The zero-order chi connectivity index (χ0) is 55.7. The van der Waals surface area contributed by atoms with Crippen LogP contribution in [0, 0.1) is 35.5 Å². The fraction of sp³-hybridized carbons (Fsp3) is 0.811. The molecule has 0 aromatic heterocycles. The van der Waals surface area contributed by atoms with E-state index in [0.717, 1.165) is 44.9 Å². The molecule has 9 N–H and O–H groups in total. The van der Waals surface area contributed by atoms with Crippen LogP contribution >= 0.6 is 0 Å². The van der Waals surface area contributed by atoms with E-state index < -0.39 is 126 Å². The van der Waals surface area contributed by atoms with Gasteiger partial charge >= 0.3 is 11.9 Å². The average molecular weight is 1040 g/mol. The van der Waals surface area contributed by atoms with Crippen molar-refractivity contribution in [1.29, 1.82) is 0 Å². The number of amides is 8. The topological polar surface area (TPSA) is 307 Å². The van der Waals surface area contributed by atoms with Crippen molar-refractivity contribution in [3.05, 3.63) is 0 Å². The maximum absolute atomic E-state index is 15.1. The minimum atomic E-state index is -2.24. The number of unbranched alkanes of at least 4 members (excludes halogenated alkanes) is 7. The van der Waals surface area contributed by atoms with Gasteiger partial charge in [0.25, 0.3) is 5.91 Å². The molecular weight excluding hydrogens is 943 g/mol. The Hall–Kier alpha value is -5.14. The van der Waals surface area contributed by atoms with E-state index in [1.165, 1.54) is 20.3 Å². The van der Waals surface area contributed by atoms with Gasteiger partial charge < -0.3 is 47.2 Å². The van der Waals surface area contributed by atoms with Gasteiger partial charge in [0.2, 0.25) is 41.4 Å². The number of hydrogen-bond donors (Lipinski definition) is 9. The predicted octanol–water partition coefficient (Wildman–Crippen LogP) is 4.73. The van der Waals surface area contributed by atoms with Gasteiger partial charge in [-0.1, -0.05) is 141 Å². The Labute approximate surface area is 434 Å². The minimum absolute atomic E-state index is 0.0182. The van der Waals surface area contributed by atoms with E-state index in [9.17, 15) is 58.5 Å². The van der Waals surface area contributed by atoms with Crippen molar-refractivity contribution in [2.24, 2.45) is 35.5 Å². The first-order valence-electron chi connectivity index (χ1n) is 26.9. The maximum atomic E-state index is 15.1. The van der Waals surface area contributed by atoms with Crippen molar-refractivity contribution in [2.75, 3.05) is 0 Å². The molecule has 20 heteroatoms. The highest BCUT2D eigenvalue weighted by molar-refractivity contribution is 6.05. The van der Waals surface area contributed by atoms with Gasteiger partial charge in [-0.2, -0.15) is 0 Å². The summed E-state index contributed by atoms with van der Waals surface area (Å²) in [5.74, 6) is -12.3. The average Bonchev–Trinajstić information content (AvgIpc) is 3.27. The zero-order valence-electron chi connectivity index (χ0n) is 46.0. The van der Waals surface area contributed by atoms with Crippen molar-refractivity contribution >= 4 is 59.2 Å². The zero-order valence-corrected chi connectivity index (χ0v) is 46.0. The highest BCUT2D eigenvalue weighted by Crippen LogP contribution is 2.21. The maximum Gasteiger partial charge on any atom is 0.306 e. The number of aliphatic hydroxyl groups is 1. The van der Waals surface area contributed by atoms with Gasteiger partial charge in [0, 0.05) is 6.42 Å². The monoisotopic (exact) mass is 1040 g/mol. The van der Waals surface area contributed by atoms with Crippen molar-refractivity contribution in [2.45, 2.75) is 241 Å². The Balaban J connectivity index is 4.12. The summed E-state index contributed by atoms with van der Waals surface area (Å²) < 4.78 is 0. The lowest BCUT2D eigenvalue weighted by Crippen LogP contribution is -2.65. The minimum Gasteiger partial charge on any atom is -0.481 e. The molecule has 0 spiro atoms. The molecule has 0 aromatic rings. The van der Waals surface area contributed by atoms with Crippen LogP contribution in [0.5, 0.6) is 0 Å². The smallest absolute Gasteiger partial charge is 0.306 e. The number of rotatable bonds is 26. The van der Waals surface area contributed by atoms with E-state index in [-0.39, 0.29) is 62.2 Å². The van der Waals surface area contributed by atoms with Crippen molar-refractivity contribution in [1.82, 2.24) is 36.8 Å². The van der Waals surface area contributed by atoms with Gasteiger partial charge in [-0.3, -0.25) is 52.8 Å². The molecule has 73 heavy (non-hydrogen) atoms. The van der Waals surface area contributed by atoms with Gasteiger partial charge in [-0.05, 0) is 67.6 Å². The number of carbonyl (C=O) groups is 10. The van der Waals surface area contributed by atoms with E-state index in [1.54, 1.807) is 55.4 Å². The van der Waals surface area contributed by atoms with Crippen LogP contribution in [-0.4, -0.2) is 128 Å². The number of nitrogens with zero attached hydrogens (tertiary/aromatic N) is 1. The molecule has 20 nitrogen and oxygen atoms in total. The SMILES string of the molecule is CCC(C)CCCCCCCCCCC(=O)N1C(=O)C(C(C)C)NC(=O)C(CC(C)C)NC(=O)C(CC(=O)O)NC(=O)C(CC(C)C)NC(=O)C(CC(C)C)NC(=O)C(CC(C)C)NC(=O)C1C(O)CC(=O)O. The van der Waals surface area contributed by atoms with Crippen LogP contribution in [0.3, 0.4) is 0 Å². The first-order chi connectivity index (χ1) is 34.1. The molecule has 9 atom stereocenters. The standard InChI is InChI=1S/C53H93N7O13/c1-13-35(12)22-20-18-16-14-15-17-19-21-23-42(62)60-46(41(61)29-44(65)66)52(72)58-38(26-32(6)7)49(69)55-36(24-30(2)3)47(67)54-37(25-31(4)5)48(68)57-40(28-43(63)64)50(70)56-39(27-33(8)9)51(71)59-45(34(10)11)53(60)73/h30-41,45-46,61H,13-29H2,1-12H3,(H,54,67)(H,55,69)(H,56,70)(H,57,68)(H,58,72)(H,59,71)(H,63,64)(H,65,66). The third-order valence-corrected chi connectivity index (χ3v) is 12.9. The molecule has 1 aliphatic heterocycles. The van der Waals surface area contributed by atoms with Crippen LogP contribution in [0.4, 0.5) is 0 Å². The van der Waals surface area contributed by atoms with Crippen LogP contribution in [0.25, 0.3) is 0 Å². The van der Waals surface area contributed by atoms with Gasteiger partial charge in [-0.25, -0.2) is 0 Å². The van der Waals surface area contributed by atoms with Crippen LogP contribution in [0.2, 0.25) is 0 Å². The second kappa shape index (κ2) is 33.6. The quantitative estimate of drug-likeness (QED) is 0.0530. The number of carboxylic acid groups (broad SMARTS) is 2. The summed E-state index contributed by atoms with van der Waals surface area (Å²) in [5.41, 5.74) is 0. The molecule has 418 valence electrons. The Bertz CT molecular complexity index is 1820. The number of carbonyl (C=O) groups excluding carboxylic acids is 8. The summed E-state index contributed by atoms with van der Waals surface area (Å²) in [6, 6.07) is -11.2. The second-order valence-electron chi connectivity index (χ2n) is 22.2. The lowest BCUT2D eigenvalue weighted by atomic mass is 9.96. The fourth-order valence-corrected chi connectivity index (χ4v) is 8.78. The third kappa shape index (κ3) is 25.1. The number of carboxylic acids is 2. The van der Waals surface area contributed by atoms with Crippen molar-refractivity contribution in [3.8, 4) is 0 Å². The molecule has 1 aliphatic rings. The number of nitrogens with one attached hydrogen (secondary N) is 6. The van der Waals surface area contributed by atoms with Crippen LogP contribution in [0.15, 0.2) is 0 Å². The second-order valence-corrected chi connectivity index (χ2v) is 22.2. The van der Waals surface area contributed by atoms with E-state index >= 15 is 4.79 Å². The molecule has 8 amide bonds. The number of aliphatic carboxylic acids is 2. The molecular formula is C53H93N7O13. The van der Waals surface area contributed by atoms with Crippen molar-refractivity contribution < 1.29 is 63.3 Å². The van der Waals surface area contributed by atoms with Crippen LogP contribution in [0.1, 0.15) is 192 Å². The first-order valence-corrected chi connectivity index (χ1v) is 26.9. The van der Waals surface area contributed by atoms with Gasteiger partial charge in [0.05, 0.1) is 18.9 Å². The highest BCUT2D eigenvalue weighted by Gasteiger charge is 2.45. The summed E-state index contributed by atoms with van der Waals surface area (Å²) in [7, 11) is 0. The Morgan fingerprint density at radius 1 is 0.493 bits per heavy atom. The predicted molar refractivity (Wildman–Crippen MR) is 276 cm³/mol. The van der Waals surface area contributed by atoms with Crippen LogP contribution in [-0.2, 0) is 47.9 Å². The molecule has 1 fully saturated rings. The summed E-state index contributed by atoms with van der Waals surface area (Å²) >= 11 is 0.